The van der Waals surface area contributed by atoms with Gasteiger partial charge in [0.25, 0.3) is 0 Å². The number of pyridine rings is 1. The minimum atomic E-state index is -1.12. The van der Waals surface area contributed by atoms with Crippen LogP contribution < -0.4 is 11.5 Å². The summed E-state index contributed by atoms with van der Waals surface area (Å²) >= 11 is 0. The average molecular weight is 365 g/mol. The normalized spacial score (nSPS) is 11.1. The zero-order valence-corrected chi connectivity index (χ0v) is 14.2. The van der Waals surface area contributed by atoms with Crippen molar-refractivity contribution < 1.29 is 14.5 Å². The van der Waals surface area contributed by atoms with Gasteiger partial charge in [0.2, 0.25) is 0 Å². The Kier molecular flexibility index (Phi) is 3.73. The molecule has 3 heterocycles. The summed E-state index contributed by atoms with van der Waals surface area (Å²) in [6.45, 7) is 2.28. The number of carboxylic acids is 1. The van der Waals surface area contributed by atoms with Crippen LogP contribution in [0.25, 0.3) is 33.8 Å². The lowest BCUT2D eigenvalue weighted by atomic mass is 10.1. The van der Waals surface area contributed by atoms with Crippen LogP contribution in [0.3, 0.4) is 0 Å². The van der Waals surface area contributed by atoms with Crippen molar-refractivity contribution in [2.45, 2.75) is 13.5 Å². The van der Waals surface area contributed by atoms with E-state index in [0.29, 0.717) is 40.3 Å². The molecular formula is C17H15N7O3. The van der Waals surface area contributed by atoms with Crippen LogP contribution >= 0.6 is 0 Å². The molecule has 0 radical (unpaired) electrons. The molecule has 0 saturated carbocycles. The van der Waals surface area contributed by atoms with E-state index in [2.05, 4.69) is 24.9 Å². The summed E-state index contributed by atoms with van der Waals surface area (Å²) in [6, 6.07) is 7.17. The maximum atomic E-state index is 11.8. The number of anilines is 2. The fourth-order valence-electron chi connectivity index (χ4n) is 3.05. The van der Waals surface area contributed by atoms with Gasteiger partial charge < -0.3 is 21.1 Å². The topological polar surface area (TPSA) is 159 Å². The number of nitrogen functional groups attached to an aromatic ring is 2. The summed E-state index contributed by atoms with van der Waals surface area (Å²) in [6.07, 6.45) is 1.30. The maximum absolute atomic E-state index is 11.8. The Hall–Kier alpha value is -3.95. The summed E-state index contributed by atoms with van der Waals surface area (Å²) in [5, 5.41) is 17.0. The molecule has 3 aromatic heterocycles. The van der Waals surface area contributed by atoms with Gasteiger partial charge >= 0.3 is 5.97 Å². The van der Waals surface area contributed by atoms with Crippen molar-refractivity contribution in [2.24, 2.45) is 0 Å². The van der Waals surface area contributed by atoms with Gasteiger partial charge in [-0.15, -0.1) is 0 Å². The van der Waals surface area contributed by atoms with Crippen LogP contribution in [0.4, 0.5) is 11.5 Å². The highest BCUT2D eigenvalue weighted by Gasteiger charge is 2.25. The lowest BCUT2D eigenvalue weighted by Crippen LogP contribution is -2.06. The number of imidazole rings is 1. The third kappa shape index (κ3) is 2.46. The molecule has 0 saturated heterocycles. The molecule has 0 bridgehead atoms. The van der Waals surface area contributed by atoms with Gasteiger partial charge in [-0.2, -0.15) is 0 Å². The molecule has 0 aliphatic rings. The quantitative estimate of drug-likeness (QED) is 0.460. The molecule has 0 amide bonds. The Morgan fingerprint density at radius 1 is 1.22 bits per heavy atom. The van der Waals surface area contributed by atoms with Crippen molar-refractivity contribution in [3.8, 4) is 22.8 Å². The number of aromatic nitrogens is 5. The van der Waals surface area contributed by atoms with Gasteiger partial charge in [0, 0.05) is 24.0 Å². The predicted octanol–water partition coefficient (Wildman–Crippen LogP) is 2.03. The van der Waals surface area contributed by atoms with Crippen molar-refractivity contribution in [3.05, 3.63) is 36.0 Å². The van der Waals surface area contributed by atoms with E-state index in [0.717, 1.165) is 0 Å². The van der Waals surface area contributed by atoms with E-state index in [1.165, 1.54) is 6.20 Å². The largest absolute Gasteiger partial charge is 0.478 e. The Balaban J connectivity index is 2.13. The molecule has 136 valence electrons. The van der Waals surface area contributed by atoms with E-state index in [4.69, 9.17) is 11.5 Å². The molecule has 5 N–H and O–H groups in total. The lowest BCUT2D eigenvalue weighted by Gasteiger charge is -2.09. The first-order valence-electron chi connectivity index (χ1n) is 8.08. The summed E-state index contributed by atoms with van der Waals surface area (Å²) < 4.78 is 6.37. The molecule has 0 aliphatic carbocycles. The number of carbonyl (C=O) groups is 1. The molecule has 0 aliphatic heterocycles. The van der Waals surface area contributed by atoms with Gasteiger partial charge in [-0.25, -0.2) is 14.4 Å². The van der Waals surface area contributed by atoms with Crippen molar-refractivity contribution in [2.75, 3.05) is 11.5 Å². The van der Waals surface area contributed by atoms with Crippen LogP contribution in [0, 0.1) is 0 Å². The SMILES string of the molecule is CCn1c(-c2nonc2N)nc2c(-c3ccccc3N)ncc(C(=O)O)c21. The zero-order chi connectivity index (χ0) is 19.1. The number of hydrogen-bond donors (Lipinski definition) is 3. The summed E-state index contributed by atoms with van der Waals surface area (Å²) in [7, 11) is 0. The Bertz CT molecular complexity index is 1180. The van der Waals surface area contributed by atoms with Crippen molar-refractivity contribution in [1.82, 2.24) is 24.8 Å². The molecule has 0 fully saturated rings. The van der Waals surface area contributed by atoms with E-state index in [9.17, 15) is 9.90 Å². The molecule has 0 unspecified atom stereocenters. The summed E-state index contributed by atoms with van der Waals surface area (Å²) in [4.78, 5) is 20.7. The van der Waals surface area contributed by atoms with Gasteiger partial charge in [-0.1, -0.05) is 18.2 Å². The number of fused-ring (bicyclic) bond motifs is 1. The molecular weight excluding hydrogens is 350 g/mol. The van der Waals surface area contributed by atoms with Gasteiger partial charge in [0.15, 0.2) is 17.3 Å². The van der Waals surface area contributed by atoms with E-state index in [1.54, 1.807) is 22.8 Å². The van der Waals surface area contributed by atoms with Crippen LogP contribution in [0.5, 0.6) is 0 Å². The van der Waals surface area contributed by atoms with Crippen LogP contribution in [-0.2, 0) is 6.54 Å². The summed E-state index contributed by atoms with van der Waals surface area (Å²) in [5.74, 6) is -0.712. The van der Waals surface area contributed by atoms with Crippen molar-refractivity contribution in [1.29, 1.82) is 0 Å². The van der Waals surface area contributed by atoms with Gasteiger partial charge in [0.05, 0.1) is 5.52 Å². The Morgan fingerprint density at radius 3 is 2.63 bits per heavy atom. The van der Waals surface area contributed by atoms with Gasteiger partial charge in [-0.05, 0) is 23.3 Å². The molecule has 10 nitrogen and oxygen atoms in total. The van der Waals surface area contributed by atoms with Gasteiger partial charge in [0.1, 0.15) is 16.8 Å². The molecule has 27 heavy (non-hydrogen) atoms. The fourth-order valence-corrected chi connectivity index (χ4v) is 3.05. The first-order valence-corrected chi connectivity index (χ1v) is 8.08. The number of carboxylic acid groups (broad SMARTS) is 1. The molecule has 0 atom stereocenters. The standard InChI is InChI=1S/C17H15N7O3/c1-2-24-14-9(17(25)26)7-20-11(8-5-3-4-6-10(8)18)12(14)21-16(24)13-15(19)23-27-22-13/h3-7H,2,18H2,1H3,(H2,19,23)(H,25,26). The molecule has 4 rings (SSSR count). The van der Waals surface area contributed by atoms with Crippen LogP contribution in [-0.4, -0.2) is 35.9 Å². The number of aromatic carboxylic acids is 1. The second-order valence-corrected chi connectivity index (χ2v) is 5.79. The van der Waals surface area contributed by atoms with E-state index in [-0.39, 0.29) is 17.1 Å². The monoisotopic (exact) mass is 365 g/mol. The molecule has 10 heteroatoms. The zero-order valence-electron chi connectivity index (χ0n) is 14.2. The maximum Gasteiger partial charge on any atom is 0.339 e. The van der Waals surface area contributed by atoms with E-state index >= 15 is 0 Å². The third-order valence-corrected chi connectivity index (χ3v) is 4.26. The number of nitrogens with zero attached hydrogens (tertiary/aromatic N) is 5. The average Bonchev–Trinajstić information content (AvgIpc) is 3.24. The van der Waals surface area contributed by atoms with Crippen LogP contribution in [0.15, 0.2) is 35.1 Å². The summed E-state index contributed by atoms with van der Waals surface area (Å²) in [5.41, 5.74) is 14.6. The molecule has 4 aromatic rings. The van der Waals surface area contributed by atoms with Crippen LogP contribution in [0.2, 0.25) is 0 Å². The smallest absolute Gasteiger partial charge is 0.339 e. The highest BCUT2D eigenvalue weighted by atomic mass is 16.6. The number of rotatable bonds is 4. The number of hydrogen-bond acceptors (Lipinski definition) is 8. The molecule has 1 aromatic carbocycles. The second kappa shape index (κ2) is 6.09. The Morgan fingerprint density at radius 2 is 2.00 bits per heavy atom. The number of nitrogens with two attached hydrogens (primary N) is 2. The number of para-hydroxylation sites is 1. The Labute approximate surface area is 152 Å². The van der Waals surface area contributed by atoms with E-state index in [1.807, 2.05) is 13.0 Å². The number of benzene rings is 1. The molecule has 0 spiro atoms. The minimum Gasteiger partial charge on any atom is -0.478 e. The van der Waals surface area contributed by atoms with Gasteiger partial charge in [-0.3, -0.25) is 4.98 Å². The number of aryl methyl sites for hydroxylation is 1. The minimum absolute atomic E-state index is 0.0129. The highest BCUT2D eigenvalue weighted by molar-refractivity contribution is 6.06. The van der Waals surface area contributed by atoms with E-state index < -0.39 is 5.97 Å². The van der Waals surface area contributed by atoms with Crippen LogP contribution in [0.1, 0.15) is 17.3 Å². The highest BCUT2D eigenvalue weighted by Crippen LogP contribution is 2.35. The van der Waals surface area contributed by atoms with Crippen molar-refractivity contribution >= 4 is 28.5 Å². The fraction of sp³-hybridized carbons (Fsp3) is 0.118. The van der Waals surface area contributed by atoms with Crippen molar-refractivity contribution in [3.63, 3.8) is 0 Å². The third-order valence-electron chi connectivity index (χ3n) is 4.26. The first kappa shape index (κ1) is 16.5. The second-order valence-electron chi connectivity index (χ2n) is 5.79. The predicted molar refractivity (Wildman–Crippen MR) is 97.7 cm³/mol. The first-order chi connectivity index (χ1) is 13.0. The lowest BCUT2D eigenvalue weighted by molar-refractivity contribution is 0.0698.